The van der Waals surface area contributed by atoms with Crippen molar-refractivity contribution < 1.29 is 0 Å². The Balaban J connectivity index is 1.78. The lowest BCUT2D eigenvalue weighted by Gasteiger charge is -2.36. The third-order valence-electron chi connectivity index (χ3n) is 3.80. The molecular formula is C12H15Cl2N3. The van der Waals surface area contributed by atoms with Crippen LogP contribution in [0.1, 0.15) is 12.8 Å². The number of nitrogens with zero attached hydrogens (tertiary/aromatic N) is 2. The first-order chi connectivity index (χ1) is 8.24. The number of rotatable bonds is 1. The number of halogens is 2. The second-order valence-electron chi connectivity index (χ2n) is 4.81. The van der Waals surface area contributed by atoms with E-state index in [-0.39, 0.29) is 0 Å². The summed E-state index contributed by atoms with van der Waals surface area (Å²) in [5.41, 5.74) is 1.09. The Labute approximate surface area is 111 Å². The van der Waals surface area contributed by atoms with Gasteiger partial charge in [-0.25, -0.2) is 4.98 Å². The summed E-state index contributed by atoms with van der Waals surface area (Å²) in [5, 5.41) is 4.48. The molecule has 2 fully saturated rings. The molecule has 2 aliphatic rings. The van der Waals surface area contributed by atoms with Crippen LogP contribution in [0.25, 0.3) is 0 Å². The third kappa shape index (κ3) is 2.24. The summed E-state index contributed by atoms with van der Waals surface area (Å²) in [5.74, 6) is 0.762. The number of aromatic nitrogens is 1. The topological polar surface area (TPSA) is 28.2 Å². The number of fused-ring (bicyclic) bond motifs is 1. The van der Waals surface area contributed by atoms with Crippen molar-refractivity contribution in [3.63, 3.8) is 0 Å². The Morgan fingerprint density at radius 3 is 3.06 bits per heavy atom. The van der Waals surface area contributed by atoms with Crippen LogP contribution in [0.4, 0.5) is 5.69 Å². The smallest absolute Gasteiger partial charge is 0.147 e. The average molecular weight is 272 g/mol. The molecular weight excluding hydrogens is 257 g/mol. The Morgan fingerprint density at radius 2 is 2.24 bits per heavy atom. The Bertz CT molecular complexity index is 424. The second kappa shape index (κ2) is 4.63. The van der Waals surface area contributed by atoms with Crippen LogP contribution >= 0.6 is 23.2 Å². The van der Waals surface area contributed by atoms with Crippen molar-refractivity contribution in [2.75, 3.05) is 24.5 Å². The number of hydrogen-bond acceptors (Lipinski definition) is 3. The summed E-state index contributed by atoms with van der Waals surface area (Å²) in [6, 6.07) is 2.63. The van der Waals surface area contributed by atoms with Crippen molar-refractivity contribution in [2.24, 2.45) is 5.92 Å². The van der Waals surface area contributed by atoms with E-state index in [1.54, 1.807) is 0 Å². The van der Waals surface area contributed by atoms with Crippen LogP contribution in [0.2, 0.25) is 10.2 Å². The van der Waals surface area contributed by atoms with Crippen molar-refractivity contribution in [3.8, 4) is 0 Å². The lowest BCUT2D eigenvalue weighted by molar-refractivity contribution is 0.376. The van der Waals surface area contributed by atoms with Gasteiger partial charge in [0.2, 0.25) is 0 Å². The summed E-state index contributed by atoms with van der Waals surface area (Å²) in [6.07, 6.45) is 4.29. The van der Waals surface area contributed by atoms with E-state index in [0.29, 0.717) is 16.2 Å². The molecule has 1 aromatic heterocycles. The second-order valence-corrected chi connectivity index (χ2v) is 5.58. The molecule has 2 unspecified atom stereocenters. The van der Waals surface area contributed by atoms with Gasteiger partial charge in [0.15, 0.2) is 0 Å². The molecule has 2 saturated heterocycles. The minimum atomic E-state index is 0.382. The van der Waals surface area contributed by atoms with Crippen LogP contribution in [0.15, 0.2) is 12.3 Å². The molecule has 0 aliphatic carbocycles. The van der Waals surface area contributed by atoms with Crippen molar-refractivity contribution in [1.82, 2.24) is 10.3 Å². The molecule has 5 heteroatoms. The SMILES string of the molecule is Clc1cc(N2CCC3NCCC3C2)cnc1Cl. The van der Waals surface area contributed by atoms with Crippen LogP contribution in [0, 0.1) is 5.92 Å². The summed E-state index contributed by atoms with van der Waals surface area (Å²) in [4.78, 5) is 6.48. The highest BCUT2D eigenvalue weighted by molar-refractivity contribution is 6.41. The van der Waals surface area contributed by atoms with Crippen molar-refractivity contribution in [2.45, 2.75) is 18.9 Å². The Kier molecular flexibility index (Phi) is 3.16. The summed E-state index contributed by atoms with van der Waals surface area (Å²) >= 11 is 11.8. The zero-order valence-corrected chi connectivity index (χ0v) is 11.0. The number of hydrogen-bond donors (Lipinski definition) is 1. The maximum Gasteiger partial charge on any atom is 0.147 e. The van der Waals surface area contributed by atoms with Gasteiger partial charge < -0.3 is 10.2 Å². The number of pyridine rings is 1. The predicted molar refractivity (Wildman–Crippen MR) is 71.0 cm³/mol. The molecule has 0 saturated carbocycles. The van der Waals surface area contributed by atoms with Crippen LogP contribution in [-0.4, -0.2) is 30.7 Å². The first-order valence-corrected chi connectivity index (χ1v) is 6.79. The van der Waals surface area contributed by atoms with Gasteiger partial charge in [-0.05, 0) is 31.4 Å². The summed E-state index contributed by atoms with van der Waals surface area (Å²) < 4.78 is 0. The highest BCUT2D eigenvalue weighted by atomic mass is 35.5. The standard InChI is InChI=1S/C12H15Cl2N3/c13-10-5-9(6-16-12(10)14)17-4-2-11-8(7-17)1-3-15-11/h5-6,8,11,15H,1-4,7H2. The quantitative estimate of drug-likeness (QED) is 0.796. The lowest BCUT2D eigenvalue weighted by atomic mass is 9.93. The molecule has 3 heterocycles. The number of piperidine rings is 1. The fraction of sp³-hybridized carbons (Fsp3) is 0.583. The zero-order valence-electron chi connectivity index (χ0n) is 9.50. The van der Waals surface area contributed by atoms with Gasteiger partial charge in [0, 0.05) is 19.1 Å². The molecule has 1 N–H and O–H groups in total. The monoisotopic (exact) mass is 271 g/mol. The van der Waals surface area contributed by atoms with E-state index >= 15 is 0 Å². The molecule has 0 radical (unpaired) electrons. The summed E-state index contributed by atoms with van der Waals surface area (Å²) in [7, 11) is 0. The average Bonchev–Trinajstić information content (AvgIpc) is 2.79. The van der Waals surface area contributed by atoms with Gasteiger partial charge in [-0.1, -0.05) is 23.2 Å². The zero-order chi connectivity index (χ0) is 11.8. The van der Waals surface area contributed by atoms with Gasteiger partial charge >= 0.3 is 0 Å². The fourth-order valence-electron chi connectivity index (χ4n) is 2.87. The van der Waals surface area contributed by atoms with E-state index in [9.17, 15) is 0 Å². The minimum absolute atomic E-state index is 0.382. The normalized spacial score (nSPS) is 28.2. The molecule has 3 rings (SSSR count). The van der Waals surface area contributed by atoms with Crippen LogP contribution < -0.4 is 10.2 Å². The van der Waals surface area contributed by atoms with Gasteiger partial charge in [-0.15, -0.1) is 0 Å². The molecule has 0 amide bonds. The van der Waals surface area contributed by atoms with E-state index < -0.39 is 0 Å². The molecule has 1 aromatic rings. The van der Waals surface area contributed by atoms with E-state index in [0.717, 1.165) is 31.2 Å². The van der Waals surface area contributed by atoms with E-state index in [2.05, 4.69) is 15.2 Å². The lowest BCUT2D eigenvalue weighted by Crippen LogP contribution is -2.44. The Morgan fingerprint density at radius 1 is 1.35 bits per heavy atom. The largest absolute Gasteiger partial charge is 0.370 e. The van der Waals surface area contributed by atoms with Crippen LogP contribution in [-0.2, 0) is 0 Å². The molecule has 0 aromatic carbocycles. The first-order valence-electron chi connectivity index (χ1n) is 6.03. The van der Waals surface area contributed by atoms with E-state index in [4.69, 9.17) is 23.2 Å². The molecule has 0 spiro atoms. The molecule has 17 heavy (non-hydrogen) atoms. The highest BCUT2D eigenvalue weighted by Crippen LogP contribution is 2.30. The van der Waals surface area contributed by atoms with Crippen LogP contribution in [0.5, 0.6) is 0 Å². The summed E-state index contributed by atoms with van der Waals surface area (Å²) in [6.45, 7) is 3.31. The van der Waals surface area contributed by atoms with Gasteiger partial charge in [0.25, 0.3) is 0 Å². The van der Waals surface area contributed by atoms with Crippen LogP contribution in [0.3, 0.4) is 0 Å². The van der Waals surface area contributed by atoms with Crippen molar-refractivity contribution in [1.29, 1.82) is 0 Å². The predicted octanol–water partition coefficient (Wildman–Crippen LogP) is 2.58. The van der Waals surface area contributed by atoms with E-state index in [1.165, 1.54) is 12.8 Å². The van der Waals surface area contributed by atoms with Gasteiger partial charge in [-0.3, -0.25) is 0 Å². The Hall–Kier alpha value is -0.510. The maximum absolute atomic E-state index is 6.01. The van der Waals surface area contributed by atoms with Crippen molar-refractivity contribution >= 4 is 28.9 Å². The third-order valence-corrected chi connectivity index (χ3v) is 4.49. The van der Waals surface area contributed by atoms with E-state index in [1.807, 2.05) is 12.3 Å². The molecule has 2 atom stereocenters. The molecule has 3 nitrogen and oxygen atoms in total. The highest BCUT2D eigenvalue weighted by Gasteiger charge is 2.32. The number of anilines is 1. The molecule has 92 valence electrons. The molecule has 0 bridgehead atoms. The minimum Gasteiger partial charge on any atom is -0.370 e. The van der Waals surface area contributed by atoms with Gasteiger partial charge in [-0.2, -0.15) is 0 Å². The van der Waals surface area contributed by atoms with Gasteiger partial charge in [0.05, 0.1) is 16.9 Å². The maximum atomic E-state index is 6.01. The molecule has 2 aliphatic heterocycles. The number of nitrogens with one attached hydrogen (secondary N) is 1. The first kappa shape index (κ1) is 11.6. The fourth-order valence-corrected chi connectivity index (χ4v) is 3.13. The van der Waals surface area contributed by atoms with Gasteiger partial charge in [0.1, 0.15) is 5.15 Å². The van der Waals surface area contributed by atoms with Crippen molar-refractivity contribution in [3.05, 3.63) is 22.4 Å².